The highest BCUT2D eigenvalue weighted by molar-refractivity contribution is 7.98. The Balaban J connectivity index is 1.34. The molecule has 0 amide bonds. The molecular formula is C26H22N4OS. The molecule has 1 N–H and O–H groups in total. The Labute approximate surface area is 190 Å². The highest BCUT2D eigenvalue weighted by atomic mass is 32.2. The molecule has 158 valence electrons. The lowest BCUT2D eigenvalue weighted by Gasteiger charge is -2.06. The standard InChI is InChI=1S/C26H22N4OS/c1-18-10-12-20(13-11-18)21-8-5-9-23(15-21)32-17-22-16-25(31)30-26(27-22)28-24(29-30)14-19-6-3-2-4-7-19/h2-13,15-16H,14,17H2,1H3,(H,27,28,29). The van der Waals surface area contributed by atoms with Crippen molar-refractivity contribution >= 4 is 17.5 Å². The van der Waals surface area contributed by atoms with Gasteiger partial charge in [-0.3, -0.25) is 9.89 Å². The zero-order chi connectivity index (χ0) is 21.9. The molecule has 3 aromatic carbocycles. The van der Waals surface area contributed by atoms with Crippen molar-refractivity contribution in [3.8, 4) is 11.1 Å². The number of benzene rings is 3. The SMILES string of the molecule is Cc1ccc(-c2cccc(SCc3cc(=O)n4[nH]c(Cc5ccccc5)nc4n3)c2)cc1. The van der Waals surface area contributed by atoms with E-state index < -0.39 is 0 Å². The molecule has 5 nitrogen and oxygen atoms in total. The predicted octanol–water partition coefficient (Wildman–Crippen LogP) is 5.28. The van der Waals surface area contributed by atoms with Crippen LogP contribution >= 0.6 is 11.8 Å². The van der Waals surface area contributed by atoms with E-state index in [0.29, 0.717) is 18.0 Å². The van der Waals surface area contributed by atoms with Crippen LogP contribution in [0.2, 0.25) is 0 Å². The summed E-state index contributed by atoms with van der Waals surface area (Å²) in [6.45, 7) is 2.09. The van der Waals surface area contributed by atoms with Crippen molar-refractivity contribution in [3.63, 3.8) is 0 Å². The number of thioether (sulfide) groups is 1. The van der Waals surface area contributed by atoms with E-state index >= 15 is 0 Å². The first kappa shape index (κ1) is 20.3. The van der Waals surface area contributed by atoms with Crippen LogP contribution in [0.15, 0.2) is 94.6 Å². The lowest BCUT2D eigenvalue weighted by Crippen LogP contribution is -2.15. The third-order valence-electron chi connectivity index (χ3n) is 5.25. The van der Waals surface area contributed by atoms with Crippen molar-refractivity contribution in [3.05, 3.63) is 118 Å². The fourth-order valence-electron chi connectivity index (χ4n) is 3.58. The van der Waals surface area contributed by atoms with Crippen LogP contribution in [-0.4, -0.2) is 19.6 Å². The van der Waals surface area contributed by atoms with Gasteiger partial charge in [-0.05, 0) is 35.7 Å². The zero-order valence-corrected chi connectivity index (χ0v) is 18.5. The molecule has 5 aromatic rings. The molecule has 32 heavy (non-hydrogen) atoms. The second kappa shape index (κ2) is 8.85. The van der Waals surface area contributed by atoms with Crippen molar-refractivity contribution in [2.75, 3.05) is 0 Å². The molecule has 0 aliphatic carbocycles. The largest absolute Gasteiger partial charge is 0.275 e. The Bertz CT molecular complexity index is 1420. The average molecular weight is 439 g/mol. The minimum atomic E-state index is -0.147. The maximum atomic E-state index is 12.6. The number of aromatic nitrogens is 4. The van der Waals surface area contributed by atoms with Gasteiger partial charge in [0, 0.05) is 23.1 Å². The molecular weight excluding hydrogens is 416 g/mol. The van der Waals surface area contributed by atoms with E-state index in [9.17, 15) is 4.79 Å². The second-order valence-electron chi connectivity index (χ2n) is 7.74. The van der Waals surface area contributed by atoms with E-state index in [1.54, 1.807) is 17.8 Å². The first-order chi connectivity index (χ1) is 15.6. The van der Waals surface area contributed by atoms with Crippen LogP contribution in [0.3, 0.4) is 0 Å². The lowest BCUT2D eigenvalue weighted by molar-refractivity contribution is 0.856. The minimum Gasteiger partial charge on any atom is -0.275 e. The van der Waals surface area contributed by atoms with Gasteiger partial charge >= 0.3 is 0 Å². The third-order valence-corrected chi connectivity index (χ3v) is 6.28. The molecule has 0 bridgehead atoms. The number of aromatic amines is 1. The smallest absolute Gasteiger partial charge is 0.274 e. The van der Waals surface area contributed by atoms with Gasteiger partial charge < -0.3 is 0 Å². The molecule has 0 radical (unpaired) electrons. The number of rotatable bonds is 6. The summed E-state index contributed by atoms with van der Waals surface area (Å²) < 4.78 is 1.41. The van der Waals surface area contributed by atoms with Gasteiger partial charge in [-0.15, -0.1) is 11.8 Å². The van der Waals surface area contributed by atoms with Crippen LogP contribution in [0, 0.1) is 6.92 Å². The van der Waals surface area contributed by atoms with E-state index in [1.807, 2.05) is 30.3 Å². The van der Waals surface area contributed by atoms with Crippen LogP contribution in [-0.2, 0) is 12.2 Å². The molecule has 0 aliphatic rings. The summed E-state index contributed by atoms with van der Waals surface area (Å²) in [6.07, 6.45) is 0.625. The molecule has 5 rings (SSSR count). The molecule has 0 aliphatic heterocycles. The first-order valence-electron chi connectivity index (χ1n) is 10.5. The van der Waals surface area contributed by atoms with Gasteiger partial charge in [0.2, 0.25) is 0 Å². The van der Waals surface area contributed by atoms with Gasteiger partial charge in [-0.25, -0.2) is 4.98 Å². The number of fused-ring (bicyclic) bond motifs is 1. The fraction of sp³-hybridized carbons (Fsp3) is 0.115. The second-order valence-corrected chi connectivity index (χ2v) is 8.79. The fourth-order valence-corrected chi connectivity index (χ4v) is 4.43. The molecule has 0 atom stereocenters. The van der Waals surface area contributed by atoms with Crippen molar-refractivity contribution in [2.45, 2.75) is 24.0 Å². The summed E-state index contributed by atoms with van der Waals surface area (Å²) in [4.78, 5) is 22.9. The minimum absolute atomic E-state index is 0.147. The summed E-state index contributed by atoms with van der Waals surface area (Å²) >= 11 is 1.66. The van der Waals surface area contributed by atoms with Gasteiger partial charge in [-0.1, -0.05) is 72.3 Å². The summed E-state index contributed by atoms with van der Waals surface area (Å²) in [5.41, 5.74) is 5.32. The van der Waals surface area contributed by atoms with Gasteiger partial charge in [-0.2, -0.15) is 9.50 Å². The first-order valence-corrected chi connectivity index (χ1v) is 11.4. The molecule has 0 saturated heterocycles. The topological polar surface area (TPSA) is 63.0 Å². The number of H-pyrrole nitrogens is 1. The normalized spacial score (nSPS) is 11.2. The Morgan fingerprint density at radius 1 is 0.875 bits per heavy atom. The molecule has 0 fully saturated rings. The van der Waals surface area contributed by atoms with Crippen LogP contribution in [0.25, 0.3) is 16.9 Å². The number of hydrogen-bond donors (Lipinski definition) is 1. The molecule has 2 aromatic heterocycles. The zero-order valence-electron chi connectivity index (χ0n) is 17.7. The Hall–Kier alpha value is -3.64. The molecule has 6 heteroatoms. The third kappa shape index (κ3) is 4.50. The number of nitrogens with zero attached hydrogens (tertiary/aromatic N) is 3. The number of aryl methyl sites for hydroxylation is 1. The Kier molecular flexibility index (Phi) is 5.60. The molecule has 2 heterocycles. The summed E-state index contributed by atoms with van der Waals surface area (Å²) in [5.74, 6) is 1.73. The Morgan fingerprint density at radius 2 is 1.69 bits per heavy atom. The van der Waals surface area contributed by atoms with Crippen molar-refractivity contribution < 1.29 is 0 Å². The van der Waals surface area contributed by atoms with E-state index in [2.05, 4.69) is 70.5 Å². The van der Waals surface area contributed by atoms with E-state index in [-0.39, 0.29) is 5.56 Å². The van der Waals surface area contributed by atoms with Crippen LogP contribution in [0.4, 0.5) is 0 Å². The van der Waals surface area contributed by atoms with Gasteiger partial charge in [0.15, 0.2) is 0 Å². The van der Waals surface area contributed by atoms with Crippen molar-refractivity contribution in [1.82, 2.24) is 19.6 Å². The maximum absolute atomic E-state index is 12.6. The average Bonchev–Trinajstić information content (AvgIpc) is 3.22. The van der Waals surface area contributed by atoms with E-state index in [0.717, 1.165) is 22.0 Å². The predicted molar refractivity (Wildman–Crippen MR) is 129 cm³/mol. The molecule has 0 spiro atoms. The van der Waals surface area contributed by atoms with E-state index in [1.165, 1.54) is 21.2 Å². The summed E-state index contributed by atoms with van der Waals surface area (Å²) in [7, 11) is 0. The van der Waals surface area contributed by atoms with Gasteiger partial charge in [0.25, 0.3) is 11.3 Å². The number of hydrogen-bond acceptors (Lipinski definition) is 4. The van der Waals surface area contributed by atoms with Crippen LogP contribution in [0.1, 0.15) is 22.6 Å². The molecule has 0 unspecified atom stereocenters. The molecule has 0 saturated carbocycles. The van der Waals surface area contributed by atoms with Crippen LogP contribution < -0.4 is 5.56 Å². The highest BCUT2D eigenvalue weighted by Gasteiger charge is 2.09. The highest BCUT2D eigenvalue weighted by Crippen LogP contribution is 2.27. The summed E-state index contributed by atoms with van der Waals surface area (Å²) in [5, 5.41) is 3.07. The van der Waals surface area contributed by atoms with Gasteiger partial charge in [0.05, 0.1) is 5.69 Å². The van der Waals surface area contributed by atoms with E-state index in [4.69, 9.17) is 0 Å². The summed E-state index contributed by atoms with van der Waals surface area (Å²) in [6, 6.07) is 28.6. The van der Waals surface area contributed by atoms with Crippen LogP contribution in [0.5, 0.6) is 0 Å². The van der Waals surface area contributed by atoms with Crippen molar-refractivity contribution in [2.24, 2.45) is 0 Å². The van der Waals surface area contributed by atoms with Crippen molar-refractivity contribution in [1.29, 1.82) is 0 Å². The number of nitrogens with one attached hydrogen (secondary N) is 1. The lowest BCUT2D eigenvalue weighted by atomic mass is 10.0. The quantitative estimate of drug-likeness (QED) is 0.367. The maximum Gasteiger partial charge on any atom is 0.274 e. The van der Waals surface area contributed by atoms with Gasteiger partial charge in [0.1, 0.15) is 5.82 Å². The Morgan fingerprint density at radius 3 is 2.50 bits per heavy atom. The monoisotopic (exact) mass is 438 g/mol.